The van der Waals surface area contributed by atoms with Gasteiger partial charge in [0.1, 0.15) is 17.1 Å². The number of aromatic nitrogens is 1. The number of ether oxygens (including phenoxy) is 2. The molecule has 2 aromatic rings. The van der Waals surface area contributed by atoms with Crippen LogP contribution in [0, 0.1) is 11.7 Å². The first-order valence-corrected chi connectivity index (χ1v) is 11.3. The van der Waals surface area contributed by atoms with Crippen molar-refractivity contribution in [1.29, 1.82) is 0 Å². The van der Waals surface area contributed by atoms with Gasteiger partial charge >= 0.3 is 5.97 Å². The van der Waals surface area contributed by atoms with Gasteiger partial charge in [-0.05, 0) is 17.5 Å². The largest absolute Gasteiger partial charge is 0.492 e. The Morgan fingerprint density at radius 3 is 2.64 bits per heavy atom. The average Bonchev–Trinajstić information content (AvgIpc) is 3.03. The molecule has 7 nitrogen and oxygen atoms in total. The quantitative estimate of drug-likeness (QED) is 0.568. The normalized spacial score (nSPS) is 14.2. The molecule has 1 aromatic carbocycles. The lowest BCUT2D eigenvalue weighted by Gasteiger charge is -2.21. The zero-order valence-electron chi connectivity index (χ0n) is 19.4. The van der Waals surface area contributed by atoms with Crippen molar-refractivity contribution in [3.63, 3.8) is 0 Å². The molecule has 1 aliphatic rings. The topological polar surface area (TPSA) is 77.8 Å². The van der Waals surface area contributed by atoms with Gasteiger partial charge in [0, 0.05) is 50.7 Å². The molecule has 1 unspecified atom stereocenters. The summed E-state index contributed by atoms with van der Waals surface area (Å²) in [6, 6.07) is 7.66. The smallest absolute Gasteiger partial charge is 0.343 e. The van der Waals surface area contributed by atoms with Crippen LogP contribution in [0.2, 0.25) is 0 Å². The van der Waals surface area contributed by atoms with E-state index < -0.39 is 5.97 Å². The number of carbonyl (C=O) groups is 2. The molecule has 3 rings (SSSR count). The molecule has 178 valence electrons. The molecule has 0 aliphatic carbocycles. The van der Waals surface area contributed by atoms with Gasteiger partial charge in [-0.15, -0.1) is 0 Å². The van der Waals surface area contributed by atoms with Gasteiger partial charge in [0.2, 0.25) is 5.91 Å². The zero-order valence-corrected chi connectivity index (χ0v) is 19.4. The molecule has 0 saturated carbocycles. The molecular formula is C25H31FN2O5. The van der Waals surface area contributed by atoms with E-state index in [0.29, 0.717) is 43.7 Å². The van der Waals surface area contributed by atoms with Crippen LogP contribution in [0.3, 0.4) is 0 Å². The van der Waals surface area contributed by atoms with Crippen LogP contribution in [-0.2, 0) is 28.9 Å². The van der Waals surface area contributed by atoms with Crippen molar-refractivity contribution in [3.8, 4) is 5.75 Å². The molecule has 1 atom stereocenters. The molecule has 1 amide bonds. The average molecular weight is 459 g/mol. The SMILES string of the molecule is CCC(C)CC(=O)N1CCc2c(C(=O)OC)c(OCCc3ccccc3F)cc(=O)n2CC1. The highest BCUT2D eigenvalue weighted by Crippen LogP contribution is 2.25. The lowest BCUT2D eigenvalue weighted by atomic mass is 10.0. The van der Waals surface area contributed by atoms with Crippen LogP contribution in [0.15, 0.2) is 35.1 Å². The Hall–Kier alpha value is -3.16. The number of hydrogen-bond donors (Lipinski definition) is 0. The molecule has 0 bridgehead atoms. The Morgan fingerprint density at radius 2 is 1.94 bits per heavy atom. The maximum absolute atomic E-state index is 13.9. The summed E-state index contributed by atoms with van der Waals surface area (Å²) < 4.78 is 26.2. The number of hydrogen-bond acceptors (Lipinski definition) is 5. The van der Waals surface area contributed by atoms with E-state index in [4.69, 9.17) is 9.47 Å². The Labute approximate surface area is 193 Å². The number of rotatable bonds is 8. The van der Waals surface area contributed by atoms with Gasteiger partial charge in [-0.3, -0.25) is 9.59 Å². The summed E-state index contributed by atoms with van der Waals surface area (Å²) in [5, 5.41) is 0. The van der Waals surface area contributed by atoms with Gasteiger partial charge in [0.05, 0.1) is 13.7 Å². The van der Waals surface area contributed by atoms with Crippen molar-refractivity contribution in [3.05, 3.63) is 63.3 Å². The lowest BCUT2D eigenvalue weighted by Crippen LogP contribution is -2.35. The first-order valence-electron chi connectivity index (χ1n) is 11.3. The van der Waals surface area contributed by atoms with Crippen LogP contribution in [0.4, 0.5) is 4.39 Å². The van der Waals surface area contributed by atoms with Crippen molar-refractivity contribution >= 4 is 11.9 Å². The van der Waals surface area contributed by atoms with E-state index in [1.165, 1.54) is 23.8 Å². The van der Waals surface area contributed by atoms with Crippen molar-refractivity contribution in [2.45, 2.75) is 46.1 Å². The number of nitrogens with zero attached hydrogens (tertiary/aromatic N) is 2. The second-order valence-electron chi connectivity index (χ2n) is 8.35. The summed E-state index contributed by atoms with van der Waals surface area (Å²) in [6.45, 7) is 5.27. The number of amides is 1. The highest BCUT2D eigenvalue weighted by atomic mass is 19.1. The van der Waals surface area contributed by atoms with Crippen LogP contribution in [0.1, 0.15) is 48.3 Å². The van der Waals surface area contributed by atoms with Gasteiger partial charge in [0.15, 0.2) is 0 Å². The molecule has 1 aliphatic heterocycles. The Kier molecular flexibility index (Phi) is 8.25. The first-order chi connectivity index (χ1) is 15.8. The number of benzene rings is 1. The molecule has 1 aromatic heterocycles. The van der Waals surface area contributed by atoms with Crippen molar-refractivity contribution in [2.24, 2.45) is 5.92 Å². The minimum atomic E-state index is -0.612. The predicted octanol–water partition coefficient (Wildman–Crippen LogP) is 3.22. The predicted molar refractivity (Wildman–Crippen MR) is 122 cm³/mol. The number of carbonyl (C=O) groups excluding carboxylic acids is 2. The van der Waals surface area contributed by atoms with E-state index in [0.717, 1.165) is 6.42 Å². The Morgan fingerprint density at radius 1 is 1.18 bits per heavy atom. The number of methoxy groups -OCH3 is 1. The molecule has 0 spiro atoms. The third-order valence-electron chi connectivity index (χ3n) is 6.14. The fourth-order valence-corrected chi connectivity index (χ4v) is 3.98. The van der Waals surface area contributed by atoms with Gasteiger partial charge < -0.3 is 18.9 Å². The number of fused-ring (bicyclic) bond motifs is 1. The maximum atomic E-state index is 13.9. The molecule has 33 heavy (non-hydrogen) atoms. The highest BCUT2D eigenvalue weighted by Gasteiger charge is 2.27. The minimum Gasteiger partial charge on any atom is -0.492 e. The van der Waals surface area contributed by atoms with Crippen LogP contribution in [0.25, 0.3) is 0 Å². The second-order valence-corrected chi connectivity index (χ2v) is 8.35. The summed E-state index contributed by atoms with van der Waals surface area (Å²) in [5.74, 6) is -0.497. The van der Waals surface area contributed by atoms with Crippen molar-refractivity contribution < 1.29 is 23.5 Å². The summed E-state index contributed by atoms with van der Waals surface area (Å²) >= 11 is 0. The molecular weight excluding hydrogens is 427 g/mol. The number of pyridine rings is 1. The monoisotopic (exact) mass is 458 g/mol. The van der Waals surface area contributed by atoms with Crippen LogP contribution in [0.5, 0.6) is 5.75 Å². The highest BCUT2D eigenvalue weighted by molar-refractivity contribution is 5.93. The van der Waals surface area contributed by atoms with Gasteiger partial charge in [0.25, 0.3) is 5.56 Å². The number of halogens is 1. The minimum absolute atomic E-state index is 0.0474. The van der Waals surface area contributed by atoms with E-state index in [9.17, 15) is 18.8 Å². The Bertz CT molecular complexity index is 1070. The van der Waals surface area contributed by atoms with Gasteiger partial charge in [-0.1, -0.05) is 38.5 Å². The van der Waals surface area contributed by atoms with Crippen molar-refractivity contribution in [2.75, 3.05) is 26.8 Å². The maximum Gasteiger partial charge on any atom is 0.343 e. The van der Waals surface area contributed by atoms with Crippen molar-refractivity contribution in [1.82, 2.24) is 9.47 Å². The third kappa shape index (κ3) is 5.80. The van der Waals surface area contributed by atoms with E-state index in [1.54, 1.807) is 23.1 Å². The van der Waals surface area contributed by atoms with Crippen LogP contribution < -0.4 is 10.3 Å². The second kappa shape index (κ2) is 11.1. The summed E-state index contributed by atoms with van der Waals surface area (Å²) in [5.41, 5.74) is 0.852. The van der Waals surface area contributed by atoms with E-state index >= 15 is 0 Å². The van der Waals surface area contributed by atoms with Crippen LogP contribution in [-0.4, -0.2) is 48.1 Å². The van der Waals surface area contributed by atoms with Gasteiger partial charge in [-0.25, -0.2) is 9.18 Å². The molecule has 0 saturated heterocycles. The standard InChI is InChI=1S/C25H31FN2O5/c1-4-17(2)15-22(29)27-11-9-20-24(25(31)32-3)21(16-23(30)28(20)13-12-27)33-14-10-18-7-5-6-8-19(18)26/h5-8,16-17H,4,9-15H2,1-3H3. The number of esters is 1. The van der Waals surface area contributed by atoms with E-state index in [-0.39, 0.29) is 47.5 Å². The molecule has 8 heteroatoms. The summed E-state index contributed by atoms with van der Waals surface area (Å²) in [6.07, 6.45) is 1.98. The molecule has 0 N–H and O–H groups in total. The van der Waals surface area contributed by atoms with Crippen LogP contribution >= 0.6 is 0 Å². The zero-order chi connectivity index (χ0) is 24.0. The molecule has 0 radical (unpaired) electrons. The molecule has 0 fully saturated rings. The Balaban J connectivity index is 1.84. The summed E-state index contributed by atoms with van der Waals surface area (Å²) in [4.78, 5) is 40.0. The lowest BCUT2D eigenvalue weighted by molar-refractivity contribution is -0.132. The molecule has 2 heterocycles. The summed E-state index contributed by atoms with van der Waals surface area (Å²) in [7, 11) is 1.27. The first kappa shape index (κ1) is 24.5. The van der Waals surface area contributed by atoms with Gasteiger partial charge in [-0.2, -0.15) is 0 Å². The third-order valence-corrected chi connectivity index (χ3v) is 6.14. The fourth-order valence-electron chi connectivity index (χ4n) is 3.98. The fraction of sp³-hybridized carbons (Fsp3) is 0.480. The van der Waals surface area contributed by atoms with E-state index in [2.05, 4.69) is 0 Å². The van der Waals surface area contributed by atoms with E-state index in [1.807, 2.05) is 13.8 Å².